The largest absolute Gasteiger partial charge is 0.379 e. The molecule has 1 atom stereocenters. The van der Waals surface area contributed by atoms with Gasteiger partial charge in [0.25, 0.3) is 0 Å². The third kappa shape index (κ3) is 3.76. The molecule has 0 aliphatic carbocycles. The smallest absolute Gasteiger partial charge is 0.123 e. The van der Waals surface area contributed by atoms with Gasteiger partial charge < -0.3 is 10.1 Å². The van der Waals surface area contributed by atoms with Crippen LogP contribution in [0.1, 0.15) is 5.56 Å². The molecule has 1 aromatic carbocycles. The number of morpholine rings is 1. The van der Waals surface area contributed by atoms with Crippen LogP contribution in [0.3, 0.4) is 0 Å². The molecule has 1 saturated heterocycles. The Balaban J connectivity index is 0.00000133. The molecule has 2 aromatic rings. The van der Waals surface area contributed by atoms with E-state index in [0.717, 1.165) is 31.2 Å². The van der Waals surface area contributed by atoms with E-state index in [2.05, 4.69) is 34.6 Å². The molecule has 2 heterocycles. The van der Waals surface area contributed by atoms with Crippen LogP contribution < -0.4 is 5.32 Å². The van der Waals surface area contributed by atoms with Crippen molar-refractivity contribution in [3.8, 4) is 10.6 Å². The SMILES string of the molecule is Cl.c1cc(C[C@@H]2COCCN2)cc(-c2nccs2)c1. The molecule has 1 aliphatic heterocycles. The van der Waals surface area contributed by atoms with E-state index in [4.69, 9.17) is 4.74 Å². The first-order chi connectivity index (χ1) is 8.92. The zero-order valence-corrected chi connectivity index (χ0v) is 12.2. The molecule has 1 aromatic heterocycles. The maximum absolute atomic E-state index is 5.48. The van der Waals surface area contributed by atoms with Gasteiger partial charge in [-0.3, -0.25) is 0 Å². The fraction of sp³-hybridized carbons (Fsp3) is 0.357. The van der Waals surface area contributed by atoms with Crippen LogP contribution in [-0.4, -0.2) is 30.8 Å². The molecule has 102 valence electrons. The van der Waals surface area contributed by atoms with Gasteiger partial charge in [0, 0.05) is 29.7 Å². The van der Waals surface area contributed by atoms with E-state index in [1.807, 2.05) is 11.6 Å². The Morgan fingerprint density at radius 3 is 3.11 bits per heavy atom. The van der Waals surface area contributed by atoms with Crippen molar-refractivity contribution in [3.63, 3.8) is 0 Å². The monoisotopic (exact) mass is 296 g/mol. The minimum Gasteiger partial charge on any atom is -0.379 e. The Labute approximate surface area is 123 Å². The number of nitrogens with zero attached hydrogens (tertiary/aromatic N) is 1. The summed E-state index contributed by atoms with van der Waals surface area (Å²) >= 11 is 1.68. The minimum absolute atomic E-state index is 0. The highest BCUT2D eigenvalue weighted by Crippen LogP contribution is 2.23. The standard InChI is InChI=1S/C14H16N2OS.ClH/c1-2-11(9-13-10-17-6-4-15-13)8-12(3-1)14-16-5-7-18-14;/h1-3,5,7-8,13,15H,4,6,9-10H2;1H/t13-;/m1./s1. The number of hydrogen-bond acceptors (Lipinski definition) is 4. The fourth-order valence-electron chi connectivity index (χ4n) is 2.23. The van der Waals surface area contributed by atoms with Gasteiger partial charge >= 0.3 is 0 Å². The highest BCUT2D eigenvalue weighted by Gasteiger charge is 2.13. The van der Waals surface area contributed by atoms with Crippen molar-refractivity contribution in [1.82, 2.24) is 10.3 Å². The molecule has 1 N–H and O–H groups in total. The van der Waals surface area contributed by atoms with Gasteiger partial charge in [-0.05, 0) is 18.1 Å². The molecule has 1 fully saturated rings. The summed E-state index contributed by atoms with van der Waals surface area (Å²) < 4.78 is 5.48. The summed E-state index contributed by atoms with van der Waals surface area (Å²) in [6, 6.07) is 9.07. The maximum atomic E-state index is 5.48. The predicted octanol–water partition coefficient (Wildman–Crippen LogP) is 2.76. The highest BCUT2D eigenvalue weighted by molar-refractivity contribution is 7.13. The number of hydrogen-bond donors (Lipinski definition) is 1. The van der Waals surface area contributed by atoms with Crippen LogP contribution in [0.4, 0.5) is 0 Å². The molecule has 0 spiro atoms. The van der Waals surface area contributed by atoms with Crippen LogP contribution in [0.5, 0.6) is 0 Å². The van der Waals surface area contributed by atoms with Crippen molar-refractivity contribution in [2.45, 2.75) is 12.5 Å². The summed E-state index contributed by atoms with van der Waals surface area (Å²) in [4.78, 5) is 4.35. The Morgan fingerprint density at radius 2 is 2.37 bits per heavy atom. The summed E-state index contributed by atoms with van der Waals surface area (Å²) in [7, 11) is 0. The lowest BCUT2D eigenvalue weighted by molar-refractivity contribution is 0.0770. The first kappa shape index (κ1) is 14.5. The van der Waals surface area contributed by atoms with E-state index in [1.165, 1.54) is 11.1 Å². The minimum atomic E-state index is 0. The van der Waals surface area contributed by atoms with E-state index in [9.17, 15) is 0 Å². The summed E-state index contributed by atoms with van der Waals surface area (Å²) in [5.74, 6) is 0. The summed E-state index contributed by atoms with van der Waals surface area (Å²) in [6.45, 7) is 2.59. The van der Waals surface area contributed by atoms with Crippen molar-refractivity contribution in [1.29, 1.82) is 0 Å². The van der Waals surface area contributed by atoms with Crippen LogP contribution in [0.25, 0.3) is 10.6 Å². The Kier molecular flexibility index (Phi) is 5.34. The second-order valence-electron chi connectivity index (χ2n) is 4.47. The average Bonchev–Trinajstić information content (AvgIpc) is 2.94. The van der Waals surface area contributed by atoms with Gasteiger partial charge in [0.05, 0.1) is 13.2 Å². The van der Waals surface area contributed by atoms with Crippen LogP contribution in [0.2, 0.25) is 0 Å². The lowest BCUT2D eigenvalue weighted by Gasteiger charge is -2.23. The number of benzene rings is 1. The topological polar surface area (TPSA) is 34.1 Å². The third-order valence-electron chi connectivity index (χ3n) is 3.09. The average molecular weight is 297 g/mol. The molecule has 5 heteroatoms. The normalized spacial score (nSPS) is 18.8. The number of ether oxygens (including phenoxy) is 1. The van der Waals surface area contributed by atoms with Gasteiger partial charge in [-0.1, -0.05) is 18.2 Å². The van der Waals surface area contributed by atoms with Crippen molar-refractivity contribution in [2.75, 3.05) is 19.8 Å². The first-order valence-corrected chi connectivity index (χ1v) is 7.10. The highest BCUT2D eigenvalue weighted by atomic mass is 35.5. The Hall–Kier alpha value is -0.940. The molecule has 3 nitrogen and oxygen atoms in total. The van der Waals surface area contributed by atoms with Crippen LogP contribution in [0.15, 0.2) is 35.8 Å². The Bertz CT molecular complexity index is 498. The molecular formula is C14H17ClN2OS. The van der Waals surface area contributed by atoms with Gasteiger partial charge in [0.15, 0.2) is 0 Å². The quantitative estimate of drug-likeness (QED) is 0.946. The van der Waals surface area contributed by atoms with E-state index in [-0.39, 0.29) is 12.4 Å². The van der Waals surface area contributed by atoms with E-state index in [0.29, 0.717) is 6.04 Å². The van der Waals surface area contributed by atoms with Crippen LogP contribution in [0, 0.1) is 0 Å². The number of thiazole rings is 1. The van der Waals surface area contributed by atoms with E-state index in [1.54, 1.807) is 11.3 Å². The lowest BCUT2D eigenvalue weighted by Crippen LogP contribution is -2.42. The van der Waals surface area contributed by atoms with Gasteiger partial charge in [0.2, 0.25) is 0 Å². The summed E-state index contributed by atoms with van der Waals surface area (Å²) in [6.07, 6.45) is 2.86. The molecule has 0 bridgehead atoms. The molecule has 3 rings (SSSR count). The summed E-state index contributed by atoms with van der Waals surface area (Å²) in [5.41, 5.74) is 2.55. The molecular weight excluding hydrogens is 280 g/mol. The maximum Gasteiger partial charge on any atom is 0.123 e. The van der Waals surface area contributed by atoms with Gasteiger partial charge in [-0.15, -0.1) is 23.7 Å². The Morgan fingerprint density at radius 1 is 1.42 bits per heavy atom. The van der Waals surface area contributed by atoms with Gasteiger partial charge in [-0.2, -0.15) is 0 Å². The van der Waals surface area contributed by atoms with Crippen molar-refractivity contribution in [3.05, 3.63) is 41.4 Å². The van der Waals surface area contributed by atoms with Crippen LogP contribution in [-0.2, 0) is 11.2 Å². The van der Waals surface area contributed by atoms with Gasteiger partial charge in [0.1, 0.15) is 5.01 Å². The lowest BCUT2D eigenvalue weighted by atomic mass is 10.0. The predicted molar refractivity (Wildman–Crippen MR) is 81.1 cm³/mol. The number of halogens is 1. The molecule has 19 heavy (non-hydrogen) atoms. The van der Waals surface area contributed by atoms with E-state index >= 15 is 0 Å². The number of nitrogens with one attached hydrogen (secondary N) is 1. The summed E-state index contributed by atoms with van der Waals surface area (Å²) in [5, 5.41) is 6.58. The first-order valence-electron chi connectivity index (χ1n) is 6.22. The van der Waals surface area contributed by atoms with Crippen molar-refractivity contribution >= 4 is 23.7 Å². The van der Waals surface area contributed by atoms with Crippen molar-refractivity contribution in [2.24, 2.45) is 0 Å². The molecule has 0 saturated carbocycles. The second-order valence-corrected chi connectivity index (χ2v) is 5.36. The van der Waals surface area contributed by atoms with Crippen LogP contribution >= 0.6 is 23.7 Å². The number of aromatic nitrogens is 1. The zero-order valence-electron chi connectivity index (χ0n) is 10.5. The number of rotatable bonds is 3. The van der Waals surface area contributed by atoms with Crippen molar-refractivity contribution < 1.29 is 4.74 Å². The molecule has 0 unspecified atom stereocenters. The zero-order chi connectivity index (χ0) is 12.2. The molecule has 0 amide bonds. The second kappa shape index (κ2) is 7.01. The molecule has 1 aliphatic rings. The van der Waals surface area contributed by atoms with E-state index < -0.39 is 0 Å². The van der Waals surface area contributed by atoms with Gasteiger partial charge in [-0.25, -0.2) is 4.98 Å². The fourth-order valence-corrected chi connectivity index (χ4v) is 2.87. The molecule has 0 radical (unpaired) electrons. The third-order valence-corrected chi connectivity index (χ3v) is 3.91.